The van der Waals surface area contributed by atoms with Crippen LogP contribution in [0.15, 0.2) is 18.2 Å². The van der Waals surface area contributed by atoms with E-state index in [4.69, 9.17) is 10.5 Å². The highest BCUT2D eigenvalue weighted by Gasteiger charge is 2.31. The molecule has 0 heterocycles. The van der Waals surface area contributed by atoms with Crippen LogP contribution in [-0.4, -0.2) is 28.3 Å². The van der Waals surface area contributed by atoms with Gasteiger partial charge in [0, 0.05) is 5.56 Å². The fraction of sp³-hybridized carbons (Fsp3) is 0.200. The van der Waals surface area contributed by atoms with Gasteiger partial charge < -0.3 is 20.4 Å². The molecule has 0 saturated carbocycles. The van der Waals surface area contributed by atoms with Gasteiger partial charge in [0.15, 0.2) is 0 Å². The number of carbonyl (C=O) groups is 1. The number of hydrogen-bond acceptors (Lipinski definition) is 4. The summed E-state index contributed by atoms with van der Waals surface area (Å²) in [5, 5.41) is 25.2. The van der Waals surface area contributed by atoms with E-state index in [2.05, 4.69) is 4.74 Å². The Morgan fingerprint density at radius 1 is 1.39 bits per heavy atom. The smallest absolute Gasteiger partial charge is 0.507 e. The molecule has 18 heavy (non-hydrogen) atoms. The minimum Gasteiger partial charge on any atom is -0.507 e. The molecular formula is C10H8F3NO4. The number of carboxylic acids is 1. The first kappa shape index (κ1) is 13.8. The Balaban J connectivity index is 3.01. The second-order valence-corrected chi connectivity index (χ2v) is 3.28. The molecule has 0 fully saturated rings. The van der Waals surface area contributed by atoms with Crippen molar-refractivity contribution in [1.29, 1.82) is 5.41 Å². The topological polar surface area (TPSA) is 90.6 Å². The lowest BCUT2D eigenvalue weighted by molar-refractivity contribution is -0.274. The number of alkyl halides is 3. The average Bonchev–Trinajstić information content (AvgIpc) is 2.17. The fourth-order valence-electron chi connectivity index (χ4n) is 1.20. The van der Waals surface area contributed by atoms with Crippen molar-refractivity contribution in [1.82, 2.24) is 0 Å². The Hall–Kier alpha value is -2.25. The predicted molar refractivity (Wildman–Crippen MR) is 53.9 cm³/mol. The van der Waals surface area contributed by atoms with Gasteiger partial charge in [-0.3, -0.25) is 4.79 Å². The fourth-order valence-corrected chi connectivity index (χ4v) is 1.20. The molecule has 1 rings (SSSR count). The number of phenols is 1. The highest BCUT2D eigenvalue weighted by Crippen LogP contribution is 2.28. The molecule has 0 amide bonds. The van der Waals surface area contributed by atoms with E-state index in [9.17, 15) is 23.1 Å². The Kier molecular flexibility index (Phi) is 3.79. The Morgan fingerprint density at radius 2 is 2.00 bits per heavy atom. The molecule has 0 aliphatic heterocycles. The minimum absolute atomic E-state index is 0.320. The molecule has 0 aromatic heterocycles. The van der Waals surface area contributed by atoms with Gasteiger partial charge in [0.2, 0.25) is 0 Å². The third-order valence-corrected chi connectivity index (χ3v) is 1.85. The standard InChI is InChI=1S/C10H8F3NO4/c11-10(12,13)18-5-1-2-8(15)6(3-5)7(14)4-9(16)17/h1-3,14-15H,4H2,(H,16,17). The van der Waals surface area contributed by atoms with Crippen LogP contribution in [0.2, 0.25) is 0 Å². The normalized spacial score (nSPS) is 11.1. The predicted octanol–water partition coefficient (Wildman–Crippen LogP) is 2.13. The van der Waals surface area contributed by atoms with Gasteiger partial charge in [0.1, 0.15) is 11.5 Å². The number of ether oxygens (including phenoxy) is 1. The van der Waals surface area contributed by atoms with Gasteiger partial charge >= 0.3 is 12.3 Å². The first-order valence-corrected chi connectivity index (χ1v) is 4.57. The second-order valence-electron chi connectivity index (χ2n) is 3.28. The Morgan fingerprint density at radius 3 is 2.50 bits per heavy atom. The van der Waals surface area contributed by atoms with Crippen LogP contribution in [-0.2, 0) is 4.79 Å². The maximum Gasteiger partial charge on any atom is 0.573 e. The van der Waals surface area contributed by atoms with E-state index in [-0.39, 0.29) is 5.56 Å². The number of hydrogen-bond donors (Lipinski definition) is 3. The van der Waals surface area contributed by atoms with E-state index in [1.165, 1.54) is 0 Å². The highest BCUT2D eigenvalue weighted by molar-refractivity contribution is 6.08. The van der Waals surface area contributed by atoms with Crippen LogP contribution in [0.25, 0.3) is 0 Å². The number of benzene rings is 1. The first-order chi connectivity index (χ1) is 8.19. The van der Waals surface area contributed by atoms with Crippen LogP contribution < -0.4 is 4.74 Å². The van der Waals surface area contributed by atoms with Crippen LogP contribution in [0.3, 0.4) is 0 Å². The second kappa shape index (κ2) is 4.94. The quantitative estimate of drug-likeness (QED) is 0.726. The summed E-state index contributed by atoms with van der Waals surface area (Å²) >= 11 is 0. The molecule has 98 valence electrons. The molecule has 0 bridgehead atoms. The number of aliphatic carboxylic acids is 1. The van der Waals surface area contributed by atoms with Crippen molar-refractivity contribution >= 4 is 11.7 Å². The molecule has 0 atom stereocenters. The molecule has 8 heteroatoms. The van der Waals surface area contributed by atoms with Crippen molar-refractivity contribution < 1.29 is 32.9 Å². The van der Waals surface area contributed by atoms with Crippen LogP contribution in [0.1, 0.15) is 12.0 Å². The number of carboxylic acid groups (broad SMARTS) is 1. The molecule has 3 N–H and O–H groups in total. The molecule has 0 aliphatic carbocycles. The summed E-state index contributed by atoms with van der Waals surface area (Å²) in [6, 6.07) is 2.52. The Labute approximate surface area is 98.9 Å². The molecule has 0 saturated heterocycles. The maximum absolute atomic E-state index is 12.0. The summed E-state index contributed by atoms with van der Waals surface area (Å²) in [6.45, 7) is 0. The zero-order valence-electron chi connectivity index (χ0n) is 8.78. The lowest BCUT2D eigenvalue weighted by Gasteiger charge is -2.11. The lowest BCUT2D eigenvalue weighted by Crippen LogP contribution is -2.17. The van der Waals surface area contributed by atoms with Gasteiger partial charge in [0.25, 0.3) is 0 Å². The Bertz CT molecular complexity index is 485. The number of phenolic OH excluding ortho intramolecular Hbond substituents is 1. The zero-order valence-corrected chi connectivity index (χ0v) is 8.78. The molecule has 1 aromatic rings. The van der Waals surface area contributed by atoms with Crippen LogP contribution in [0, 0.1) is 5.41 Å². The average molecular weight is 263 g/mol. The summed E-state index contributed by atoms with van der Waals surface area (Å²) in [4.78, 5) is 10.4. The number of aromatic hydroxyl groups is 1. The molecule has 0 unspecified atom stereocenters. The maximum atomic E-state index is 12.0. The first-order valence-electron chi connectivity index (χ1n) is 4.57. The van der Waals surface area contributed by atoms with Crippen molar-refractivity contribution in [3.8, 4) is 11.5 Å². The van der Waals surface area contributed by atoms with Crippen LogP contribution in [0.5, 0.6) is 11.5 Å². The number of rotatable bonds is 4. The number of nitrogens with one attached hydrogen (secondary N) is 1. The van der Waals surface area contributed by atoms with Crippen LogP contribution >= 0.6 is 0 Å². The number of halogens is 3. The molecule has 1 aromatic carbocycles. The monoisotopic (exact) mass is 263 g/mol. The third kappa shape index (κ3) is 3.96. The van der Waals surface area contributed by atoms with E-state index in [1.807, 2.05) is 0 Å². The van der Waals surface area contributed by atoms with E-state index in [0.29, 0.717) is 0 Å². The van der Waals surface area contributed by atoms with Crippen molar-refractivity contribution in [3.05, 3.63) is 23.8 Å². The molecule has 0 radical (unpaired) electrons. The van der Waals surface area contributed by atoms with Gasteiger partial charge in [-0.1, -0.05) is 0 Å². The lowest BCUT2D eigenvalue weighted by atomic mass is 10.1. The zero-order chi connectivity index (χ0) is 13.9. The van der Waals surface area contributed by atoms with Gasteiger partial charge in [-0.05, 0) is 18.2 Å². The van der Waals surface area contributed by atoms with Gasteiger partial charge in [-0.15, -0.1) is 13.2 Å². The molecule has 0 aliphatic rings. The molecular weight excluding hydrogens is 255 g/mol. The summed E-state index contributed by atoms with van der Waals surface area (Å²) in [7, 11) is 0. The van der Waals surface area contributed by atoms with E-state index >= 15 is 0 Å². The molecule has 0 spiro atoms. The SMILES string of the molecule is N=C(CC(=O)O)c1cc(OC(F)(F)F)ccc1O. The van der Waals surface area contributed by atoms with Crippen molar-refractivity contribution in [2.75, 3.05) is 0 Å². The largest absolute Gasteiger partial charge is 0.573 e. The van der Waals surface area contributed by atoms with E-state index < -0.39 is 36.0 Å². The van der Waals surface area contributed by atoms with Gasteiger partial charge in [0.05, 0.1) is 12.1 Å². The van der Waals surface area contributed by atoms with Crippen molar-refractivity contribution in [3.63, 3.8) is 0 Å². The summed E-state index contributed by atoms with van der Waals surface area (Å²) < 4.78 is 39.5. The highest BCUT2D eigenvalue weighted by atomic mass is 19.4. The van der Waals surface area contributed by atoms with Gasteiger partial charge in [-0.25, -0.2) is 0 Å². The van der Waals surface area contributed by atoms with E-state index in [1.54, 1.807) is 0 Å². The van der Waals surface area contributed by atoms with Crippen molar-refractivity contribution in [2.45, 2.75) is 12.8 Å². The summed E-state index contributed by atoms with van der Waals surface area (Å²) in [6.07, 6.45) is -5.62. The molecule has 5 nitrogen and oxygen atoms in total. The third-order valence-electron chi connectivity index (χ3n) is 1.85. The minimum atomic E-state index is -4.90. The van der Waals surface area contributed by atoms with E-state index in [0.717, 1.165) is 18.2 Å². The summed E-state index contributed by atoms with van der Waals surface area (Å²) in [5.41, 5.74) is -0.841. The van der Waals surface area contributed by atoms with Gasteiger partial charge in [-0.2, -0.15) is 0 Å². The van der Waals surface area contributed by atoms with Crippen molar-refractivity contribution in [2.24, 2.45) is 0 Å². The summed E-state index contributed by atoms with van der Waals surface area (Å²) in [5.74, 6) is -2.46. The van der Waals surface area contributed by atoms with Crippen LogP contribution in [0.4, 0.5) is 13.2 Å².